The quantitative estimate of drug-likeness (QED) is 0.868. The van der Waals surface area contributed by atoms with Gasteiger partial charge in [-0.25, -0.2) is 4.39 Å². The number of nitrogens with zero attached hydrogens (tertiary/aromatic N) is 1. The molecule has 1 saturated heterocycles. The highest BCUT2D eigenvalue weighted by molar-refractivity contribution is 5.34. The maximum absolute atomic E-state index is 13.2. The van der Waals surface area contributed by atoms with Crippen LogP contribution in [0.25, 0.3) is 0 Å². The molecule has 4 heteroatoms. The van der Waals surface area contributed by atoms with Crippen molar-refractivity contribution in [2.24, 2.45) is 5.73 Å². The molecule has 0 aliphatic carbocycles. The molecule has 1 aromatic rings. The van der Waals surface area contributed by atoms with Crippen LogP contribution in [0.15, 0.2) is 18.2 Å². The van der Waals surface area contributed by atoms with Crippen LogP contribution in [0.1, 0.15) is 18.4 Å². The molecule has 94 valence electrons. The predicted molar refractivity (Wildman–Crippen MR) is 65.4 cm³/mol. The largest absolute Gasteiger partial charge is 0.496 e. The Balaban J connectivity index is 2.14. The molecule has 0 amide bonds. The van der Waals surface area contributed by atoms with Crippen LogP contribution >= 0.6 is 0 Å². The summed E-state index contributed by atoms with van der Waals surface area (Å²) in [7, 11) is 1.61. The molecule has 0 bridgehead atoms. The van der Waals surface area contributed by atoms with E-state index in [1.807, 2.05) is 0 Å². The van der Waals surface area contributed by atoms with E-state index in [2.05, 4.69) is 4.90 Å². The lowest BCUT2D eigenvalue weighted by Crippen LogP contribution is -2.34. The van der Waals surface area contributed by atoms with Crippen molar-refractivity contribution in [3.05, 3.63) is 29.6 Å². The Morgan fingerprint density at radius 1 is 1.53 bits per heavy atom. The molecule has 1 heterocycles. The van der Waals surface area contributed by atoms with Crippen LogP contribution < -0.4 is 10.5 Å². The maximum Gasteiger partial charge on any atom is 0.123 e. The summed E-state index contributed by atoms with van der Waals surface area (Å²) in [6.45, 7) is 2.40. The summed E-state index contributed by atoms with van der Waals surface area (Å²) in [5.74, 6) is 0.526. The predicted octanol–water partition coefficient (Wildman–Crippen LogP) is 1.76. The van der Waals surface area contributed by atoms with E-state index in [0.29, 0.717) is 19.1 Å². The van der Waals surface area contributed by atoms with Gasteiger partial charge in [-0.3, -0.25) is 4.90 Å². The van der Waals surface area contributed by atoms with Crippen LogP contribution in [-0.2, 0) is 6.54 Å². The number of benzene rings is 1. The fourth-order valence-electron chi connectivity index (χ4n) is 2.46. The highest BCUT2D eigenvalue weighted by atomic mass is 19.1. The van der Waals surface area contributed by atoms with Gasteiger partial charge in [0, 0.05) is 24.7 Å². The Labute approximate surface area is 101 Å². The third kappa shape index (κ3) is 2.76. The zero-order valence-corrected chi connectivity index (χ0v) is 10.2. The second-order valence-corrected chi connectivity index (χ2v) is 4.46. The number of hydrogen-bond donors (Lipinski definition) is 1. The van der Waals surface area contributed by atoms with E-state index >= 15 is 0 Å². The number of rotatable bonds is 4. The van der Waals surface area contributed by atoms with Crippen molar-refractivity contribution in [2.75, 3.05) is 20.2 Å². The third-order valence-electron chi connectivity index (χ3n) is 3.39. The maximum atomic E-state index is 13.2. The second kappa shape index (κ2) is 5.47. The van der Waals surface area contributed by atoms with E-state index < -0.39 is 0 Å². The van der Waals surface area contributed by atoms with Gasteiger partial charge in [-0.2, -0.15) is 0 Å². The molecule has 3 nitrogen and oxygen atoms in total. The number of likely N-dealkylation sites (tertiary alicyclic amines) is 1. The first-order valence-electron chi connectivity index (χ1n) is 6.01. The van der Waals surface area contributed by atoms with E-state index in [0.717, 1.165) is 24.3 Å². The molecule has 17 heavy (non-hydrogen) atoms. The lowest BCUT2D eigenvalue weighted by Gasteiger charge is -2.24. The molecule has 1 fully saturated rings. The van der Waals surface area contributed by atoms with Crippen molar-refractivity contribution >= 4 is 0 Å². The molecule has 1 aliphatic heterocycles. The summed E-state index contributed by atoms with van der Waals surface area (Å²) in [5, 5.41) is 0. The molecule has 1 atom stereocenters. The summed E-state index contributed by atoms with van der Waals surface area (Å²) in [5.41, 5.74) is 6.63. The zero-order valence-electron chi connectivity index (χ0n) is 10.2. The van der Waals surface area contributed by atoms with Crippen LogP contribution in [0.4, 0.5) is 4.39 Å². The Morgan fingerprint density at radius 2 is 2.35 bits per heavy atom. The van der Waals surface area contributed by atoms with Crippen LogP contribution in [0, 0.1) is 5.82 Å². The van der Waals surface area contributed by atoms with Gasteiger partial charge >= 0.3 is 0 Å². The van der Waals surface area contributed by atoms with Gasteiger partial charge in [0.15, 0.2) is 0 Å². The lowest BCUT2D eigenvalue weighted by atomic mass is 10.1. The van der Waals surface area contributed by atoms with Crippen LogP contribution in [0.3, 0.4) is 0 Å². The van der Waals surface area contributed by atoms with Crippen molar-refractivity contribution in [2.45, 2.75) is 25.4 Å². The first-order chi connectivity index (χ1) is 8.24. The third-order valence-corrected chi connectivity index (χ3v) is 3.39. The Hall–Kier alpha value is -1.13. The Morgan fingerprint density at radius 3 is 3.06 bits per heavy atom. The molecular formula is C13H19FN2O. The van der Waals surface area contributed by atoms with E-state index in [-0.39, 0.29) is 5.82 Å². The van der Waals surface area contributed by atoms with Crippen molar-refractivity contribution in [3.8, 4) is 5.75 Å². The summed E-state index contributed by atoms with van der Waals surface area (Å²) in [6.07, 6.45) is 2.30. The Bertz CT molecular complexity index is 384. The minimum atomic E-state index is -0.218. The first kappa shape index (κ1) is 12.3. The van der Waals surface area contributed by atoms with Crippen LogP contribution in [0.5, 0.6) is 5.75 Å². The summed E-state index contributed by atoms with van der Waals surface area (Å²) < 4.78 is 18.5. The molecular weight excluding hydrogens is 219 g/mol. The zero-order chi connectivity index (χ0) is 12.3. The molecule has 2 N–H and O–H groups in total. The number of nitrogens with two attached hydrogens (primary N) is 1. The second-order valence-electron chi connectivity index (χ2n) is 4.46. The summed E-state index contributed by atoms with van der Waals surface area (Å²) >= 11 is 0. The van der Waals surface area contributed by atoms with E-state index in [1.165, 1.54) is 12.5 Å². The number of halogens is 1. The smallest absolute Gasteiger partial charge is 0.123 e. The monoisotopic (exact) mass is 238 g/mol. The number of hydrogen-bond acceptors (Lipinski definition) is 3. The number of ether oxygens (including phenoxy) is 1. The standard InChI is InChI=1S/C13H19FN2O/c1-17-13-5-4-11(14)7-10(13)9-16-6-2-3-12(16)8-15/h4-5,7,12H,2-3,6,8-9,15H2,1H3. The molecule has 0 spiro atoms. The fourth-order valence-corrected chi connectivity index (χ4v) is 2.46. The van der Waals surface area contributed by atoms with Crippen molar-refractivity contribution < 1.29 is 9.13 Å². The topological polar surface area (TPSA) is 38.5 Å². The lowest BCUT2D eigenvalue weighted by molar-refractivity contribution is 0.246. The average Bonchev–Trinajstić information content (AvgIpc) is 2.77. The highest BCUT2D eigenvalue weighted by Gasteiger charge is 2.24. The van der Waals surface area contributed by atoms with Gasteiger partial charge in [0.05, 0.1) is 7.11 Å². The minimum Gasteiger partial charge on any atom is -0.496 e. The summed E-state index contributed by atoms with van der Waals surface area (Å²) in [4.78, 5) is 2.30. The minimum absolute atomic E-state index is 0.218. The SMILES string of the molecule is COc1ccc(F)cc1CN1CCCC1CN. The van der Waals surface area contributed by atoms with Crippen LogP contribution in [0.2, 0.25) is 0 Å². The van der Waals surface area contributed by atoms with Gasteiger partial charge < -0.3 is 10.5 Å². The van der Waals surface area contributed by atoms with Gasteiger partial charge in [-0.15, -0.1) is 0 Å². The molecule has 1 unspecified atom stereocenters. The van der Waals surface area contributed by atoms with Gasteiger partial charge in [0.25, 0.3) is 0 Å². The van der Waals surface area contributed by atoms with Crippen LogP contribution in [-0.4, -0.2) is 31.1 Å². The van der Waals surface area contributed by atoms with Gasteiger partial charge in [0.2, 0.25) is 0 Å². The molecule has 1 aliphatic rings. The van der Waals surface area contributed by atoms with Crippen molar-refractivity contribution in [3.63, 3.8) is 0 Å². The molecule has 1 aromatic carbocycles. The molecule has 2 rings (SSSR count). The molecule has 0 saturated carbocycles. The van der Waals surface area contributed by atoms with E-state index in [9.17, 15) is 4.39 Å². The van der Waals surface area contributed by atoms with Gasteiger partial charge in [0.1, 0.15) is 11.6 Å². The molecule has 0 aromatic heterocycles. The Kier molecular flexibility index (Phi) is 3.97. The van der Waals surface area contributed by atoms with Gasteiger partial charge in [-0.05, 0) is 37.6 Å². The summed E-state index contributed by atoms with van der Waals surface area (Å²) in [6, 6.07) is 5.07. The van der Waals surface area contributed by atoms with E-state index in [1.54, 1.807) is 19.2 Å². The molecule has 0 radical (unpaired) electrons. The number of methoxy groups -OCH3 is 1. The van der Waals surface area contributed by atoms with E-state index in [4.69, 9.17) is 10.5 Å². The van der Waals surface area contributed by atoms with Crippen molar-refractivity contribution in [1.82, 2.24) is 4.90 Å². The normalized spacial score (nSPS) is 20.8. The van der Waals surface area contributed by atoms with Gasteiger partial charge in [-0.1, -0.05) is 0 Å². The van der Waals surface area contributed by atoms with Crippen molar-refractivity contribution in [1.29, 1.82) is 0 Å². The fraction of sp³-hybridized carbons (Fsp3) is 0.538. The highest BCUT2D eigenvalue weighted by Crippen LogP contribution is 2.25. The first-order valence-corrected chi connectivity index (χ1v) is 6.01. The average molecular weight is 238 g/mol.